The van der Waals surface area contributed by atoms with Crippen molar-refractivity contribution in [1.29, 1.82) is 0 Å². The molecule has 8 heteroatoms. The van der Waals surface area contributed by atoms with Crippen LogP contribution in [0.3, 0.4) is 0 Å². The van der Waals surface area contributed by atoms with Crippen LogP contribution in [0.1, 0.15) is 0 Å². The van der Waals surface area contributed by atoms with Crippen LogP contribution in [0, 0.1) is 0 Å². The molecule has 1 aliphatic rings. The highest BCUT2D eigenvalue weighted by Crippen LogP contribution is 2.38. The minimum Gasteiger partial charge on any atom is -0.486 e. The normalized spacial score (nSPS) is 12.6. The van der Waals surface area contributed by atoms with Gasteiger partial charge in [0.05, 0.1) is 15.7 Å². The quantitative estimate of drug-likeness (QED) is 0.770. The number of hydrogen-bond acceptors (Lipinski definition) is 4. The molecule has 24 heavy (non-hydrogen) atoms. The Balaban J connectivity index is 1.64. The van der Waals surface area contributed by atoms with Gasteiger partial charge < -0.3 is 19.5 Å². The molecule has 0 saturated heterocycles. The summed E-state index contributed by atoms with van der Waals surface area (Å²) in [5.74, 6) is 1.15. The first kappa shape index (κ1) is 17.2. The summed E-state index contributed by atoms with van der Waals surface area (Å²) in [5.41, 5.74) is 0.427. The second kappa shape index (κ2) is 7.51. The van der Waals surface area contributed by atoms with E-state index in [1.807, 2.05) is 0 Å². The highest BCUT2D eigenvalue weighted by molar-refractivity contribution is 9.10. The van der Waals surface area contributed by atoms with Crippen molar-refractivity contribution in [2.45, 2.75) is 0 Å². The molecule has 0 bridgehead atoms. The number of rotatable bonds is 4. The fourth-order valence-corrected chi connectivity index (χ4v) is 3.01. The summed E-state index contributed by atoms with van der Waals surface area (Å²) in [6, 6.07) is 8.37. The molecule has 5 nitrogen and oxygen atoms in total. The van der Waals surface area contributed by atoms with Crippen molar-refractivity contribution in [2.24, 2.45) is 0 Å². The molecule has 3 rings (SSSR count). The molecule has 0 saturated carbocycles. The number of halogens is 3. The zero-order valence-corrected chi connectivity index (χ0v) is 15.4. The van der Waals surface area contributed by atoms with Crippen molar-refractivity contribution < 1.29 is 19.0 Å². The summed E-state index contributed by atoms with van der Waals surface area (Å²) in [6.07, 6.45) is 0. The zero-order chi connectivity index (χ0) is 17.1. The maximum Gasteiger partial charge on any atom is 0.262 e. The summed E-state index contributed by atoms with van der Waals surface area (Å²) in [7, 11) is 0. The molecular formula is C16H12BrCl2NO4. The summed E-state index contributed by atoms with van der Waals surface area (Å²) in [4.78, 5) is 12.1. The molecule has 0 fully saturated rings. The fourth-order valence-electron chi connectivity index (χ4n) is 2.08. The van der Waals surface area contributed by atoms with Crippen LogP contribution in [0.25, 0.3) is 0 Å². The SMILES string of the molecule is O=C(COc1ccc(Br)cc1Cl)Nc1cc2c(cc1Cl)OCCO2. The molecule has 1 aliphatic heterocycles. The van der Waals surface area contributed by atoms with E-state index in [4.69, 9.17) is 37.4 Å². The average Bonchev–Trinajstić information content (AvgIpc) is 2.55. The first-order valence-electron chi connectivity index (χ1n) is 7.00. The fraction of sp³-hybridized carbons (Fsp3) is 0.188. The van der Waals surface area contributed by atoms with Gasteiger partial charge in [-0.15, -0.1) is 0 Å². The highest BCUT2D eigenvalue weighted by Gasteiger charge is 2.16. The lowest BCUT2D eigenvalue weighted by Crippen LogP contribution is -2.21. The number of amides is 1. The topological polar surface area (TPSA) is 56.8 Å². The first-order valence-corrected chi connectivity index (χ1v) is 8.54. The Hall–Kier alpha value is -1.63. The Labute approximate surface area is 156 Å². The molecule has 0 radical (unpaired) electrons. The molecule has 0 aromatic heterocycles. The van der Waals surface area contributed by atoms with Gasteiger partial charge in [0.1, 0.15) is 19.0 Å². The van der Waals surface area contributed by atoms with E-state index < -0.39 is 0 Å². The second-order valence-electron chi connectivity index (χ2n) is 4.89. The molecule has 2 aromatic carbocycles. The number of hydrogen-bond donors (Lipinski definition) is 1. The van der Waals surface area contributed by atoms with Gasteiger partial charge >= 0.3 is 0 Å². The van der Waals surface area contributed by atoms with Gasteiger partial charge in [0.2, 0.25) is 0 Å². The van der Waals surface area contributed by atoms with Gasteiger partial charge in [-0.05, 0) is 18.2 Å². The van der Waals surface area contributed by atoms with Crippen molar-refractivity contribution in [2.75, 3.05) is 25.1 Å². The van der Waals surface area contributed by atoms with Crippen molar-refractivity contribution in [1.82, 2.24) is 0 Å². The largest absolute Gasteiger partial charge is 0.486 e. The van der Waals surface area contributed by atoms with E-state index in [2.05, 4.69) is 21.2 Å². The Morgan fingerprint density at radius 1 is 1.12 bits per heavy atom. The monoisotopic (exact) mass is 431 g/mol. The Bertz CT molecular complexity index is 785. The molecule has 0 spiro atoms. The predicted octanol–water partition coefficient (Wildman–Crippen LogP) is 4.54. The first-order chi connectivity index (χ1) is 11.5. The van der Waals surface area contributed by atoms with Crippen LogP contribution in [-0.2, 0) is 4.79 Å². The van der Waals surface area contributed by atoms with Crippen LogP contribution in [0.15, 0.2) is 34.8 Å². The second-order valence-corrected chi connectivity index (χ2v) is 6.62. The molecule has 0 unspecified atom stereocenters. The van der Waals surface area contributed by atoms with Crippen LogP contribution < -0.4 is 19.5 Å². The smallest absolute Gasteiger partial charge is 0.262 e. The molecule has 126 valence electrons. The molecule has 0 atom stereocenters. The van der Waals surface area contributed by atoms with Crippen LogP contribution >= 0.6 is 39.1 Å². The van der Waals surface area contributed by atoms with Gasteiger partial charge in [0, 0.05) is 16.6 Å². The zero-order valence-electron chi connectivity index (χ0n) is 12.3. The minimum atomic E-state index is -0.368. The maximum absolute atomic E-state index is 12.1. The standard InChI is InChI=1S/C16H12BrCl2NO4/c17-9-1-2-13(11(19)5-9)24-8-16(21)20-12-7-15-14(6-10(12)18)22-3-4-23-15/h1-2,5-7H,3-4,8H2,(H,20,21). The van der Waals surface area contributed by atoms with Crippen molar-refractivity contribution in [3.63, 3.8) is 0 Å². The summed E-state index contributed by atoms with van der Waals surface area (Å²) < 4.78 is 17.1. The van der Waals surface area contributed by atoms with Gasteiger partial charge in [0.15, 0.2) is 18.1 Å². The van der Waals surface area contributed by atoms with E-state index in [0.717, 1.165) is 4.47 Å². The number of benzene rings is 2. The molecular weight excluding hydrogens is 421 g/mol. The predicted molar refractivity (Wildman–Crippen MR) is 95.7 cm³/mol. The van der Waals surface area contributed by atoms with Crippen LogP contribution in [0.4, 0.5) is 5.69 Å². The lowest BCUT2D eigenvalue weighted by molar-refractivity contribution is -0.118. The van der Waals surface area contributed by atoms with Gasteiger partial charge in [-0.2, -0.15) is 0 Å². The minimum absolute atomic E-state index is 0.202. The number of carbonyl (C=O) groups is 1. The summed E-state index contributed by atoms with van der Waals surface area (Å²) in [5, 5.41) is 3.45. The number of carbonyl (C=O) groups excluding carboxylic acids is 1. The lowest BCUT2D eigenvalue weighted by Gasteiger charge is -2.20. The van der Waals surface area contributed by atoms with Crippen molar-refractivity contribution >= 4 is 50.7 Å². The Morgan fingerprint density at radius 3 is 2.54 bits per heavy atom. The number of nitrogens with one attached hydrogen (secondary N) is 1. The summed E-state index contributed by atoms with van der Waals surface area (Å²) in [6.45, 7) is 0.718. The van der Waals surface area contributed by atoms with Gasteiger partial charge in [-0.3, -0.25) is 4.79 Å². The van der Waals surface area contributed by atoms with Gasteiger partial charge in [-0.25, -0.2) is 0 Å². The van der Waals surface area contributed by atoms with Crippen LogP contribution in [-0.4, -0.2) is 25.7 Å². The Kier molecular flexibility index (Phi) is 5.38. The number of ether oxygens (including phenoxy) is 3. The van der Waals surface area contributed by atoms with Gasteiger partial charge in [0.25, 0.3) is 5.91 Å². The third-order valence-corrected chi connectivity index (χ3v) is 4.26. The van der Waals surface area contributed by atoms with E-state index in [0.29, 0.717) is 46.2 Å². The van der Waals surface area contributed by atoms with E-state index in [9.17, 15) is 4.79 Å². The maximum atomic E-state index is 12.1. The summed E-state index contributed by atoms with van der Waals surface area (Å²) >= 11 is 15.5. The van der Waals surface area contributed by atoms with E-state index in [-0.39, 0.29) is 12.5 Å². The molecule has 0 aliphatic carbocycles. The van der Waals surface area contributed by atoms with Crippen molar-refractivity contribution in [3.05, 3.63) is 44.8 Å². The number of anilines is 1. The molecule has 1 heterocycles. The van der Waals surface area contributed by atoms with Crippen molar-refractivity contribution in [3.8, 4) is 17.2 Å². The molecule has 2 aromatic rings. The molecule has 1 N–H and O–H groups in total. The van der Waals surface area contributed by atoms with Crippen LogP contribution in [0.2, 0.25) is 10.0 Å². The number of fused-ring (bicyclic) bond motifs is 1. The highest BCUT2D eigenvalue weighted by atomic mass is 79.9. The Morgan fingerprint density at radius 2 is 1.83 bits per heavy atom. The third-order valence-electron chi connectivity index (χ3n) is 3.16. The lowest BCUT2D eigenvalue weighted by atomic mass is 10.2. The average molecular weight is 433 g/mol. The third kappa shape index (κ3) is 4.06. The molecule has 1 amide bonds. The van der Waals surface area contributed by atoms with E-state index >= 15 is 0 Å². The van der Waals surface area contributed by atoms with E-state index in [1.165, 1.54) is 0 Å². The van der Waals surface area contributed by atoms with Gasteiger partial charge in [-0.1, -0.05) is 39.1 Å². The van der Waals surface area contributed by atoms with E-state index in [1.54, 1.807) is 30.3 Å². The van der Waals surface area contributed by atoms with Crippen LogP contribution in [0.5, 0.6) is 17.2 Å².